The molecule has 38 heavy (non-hydrogen) atoms. The number of nitrogens with zero attached hydrogens (tertiary/aromatic N) is 1. The second-order valence-electron chi connectivity index (χ2n) is 10.6. The first-order valence-corrected chi connectivity index (χ1v) is 13.7. The van der Waals surface area contributed by atoms with E-state index in [0.717, 1.165) is 48.4 Å². The summed E-state index contributed by atoms with van der Waals surface area (Å²) in [5.41, 5.74) is 5.63. The maximum Gasteiger partial charge on any atom is 0.258 e. The summed E-state index contributed by atoms with van der Waals surface area (Å²) in [7, 11) is 0. The predicted octanol–water partition coefficient (Wildman–Crippen LogP) is 5.07. The third kappa shape index (κ3) is 4.72. The van der Waals surface area contributed by atoms with E-state index in [9.17, 15) is 9.59 Å². The van der Waals surface area contributed by atoms with Crippen LogP contribution in [-0.4, -0.2) is 42.4 Å². The van der Waals surface area contributed by atoms with Crippen molar-refractivity contribution < 1.29 is 9.59 Å². The third-order valence-electron chi connectivity index (χ3n) is 8.24. The molecule has 0 spiro atoms. The minimum Gasteiger partial charge on any atom is -0.380 e. The number of hydrogen-bond donors (Lipinski definition) is 3. The second kappa shape index (κ2) is 10.5. The fourth-order valence-electron chi connectivity index (χ4n) is 6.13. The highest BCUT2D eigenvalue weighted by Gasteiger charge is 2.36. The Balaban J connectivity index is 1.32. The number of benzene rings is 3. The molecule has 2 atom stereocenters. The highest BCUT2D eigenvalue weighted by Crippen LogP contribution is 2.38. The van der Waals surface area contributed by atoms with E-state index in [0.29, 0.717) is 28.8 Å². The number of amides is 2. The summed E-state index contributed by atoms with van der Waals surface area (Å²) in [5.74, 6) is 0.329. The van der Waals surface area contributed by atoms with Crippen LogP contribution in [0, 0.1) is 5.92 Å². The molecule has 4 aliphatic heterocycles. The summed E-state index contributed by atoms with van der Waals surface area (Å²) >= 11 is 0. The number of anilines is 1. The Morgan fingerprint density at radius 3 is 2.34 bits per heavy atom. The Labute approximate surface area is 224 Å². The number of carbonyl (C=O) groups is 2. The molecule has 0 saturated carbocycles. The van der Waals surface area contributed by atoms with Gasteiger partial charge in [0.05, 0.1) is 17.3 Å². The first-order chi connectivity index (χ1) is 18.6. The van der Waals surface area contributed by atoms with Gasteiger partial charge in [-0.05, 0) is 61.5 Å². The topological polar surface area (TPSA) is 73.5 Å². The van der Waals surface area contributed by atoms with E-state index in [1.54, 1.807) is 6.07 Å². The molecule has 3 fully saturated rings. The molecule has 6 heteroatoms. The lowest BCUT2D eigenvalue weighted by Gasteiger charge is -2.45. The number of hydrogen-bond acceptors (Lipinski definition) is 4. The summed E-state index contributed by atoms with van der Waals surface area (Å²) in [6, 6.07) is 25.9. The highest BCUT2D eigenvalue weighted by atomic mass is 16.2. The van der Waals surface area contributed by atoms with Gasteiger partial charge in [0.2, 0.25) is 0 Å². The number of piperidine rings is 3. The van der Waals surface area contributed by atoms with Crippen molar-refractivity contribution in [2.45, 2.75) is 38.3 Å². The minimum absolute atomic E-state index is 0.0718. The van der Waals surface area contributed by atoms with Gasteiger partial charge in [0.15, 0.2) is 0 Å². The molecule has 7 rings (SSSR count). The predicted molar refractivity (Wildman–Crippen MR) is 151 cm³/mol. The molecular formula is C32H34N4O2. The molecule has 3 aromatic rings. The quantitative estimate of drug-likeness (QED) is 0.391. The lowest BCUT2D eigenvalue weighted by atomic mass is 9.83. The minimum atomic E-state index is -0.149. The third-order valence-corrected chi connectivity index (χ3v) is 8.24. The van der Waals surface area contributed by atoms with Gasteiger partial charge in [-0.15, -0.1) is 0 Å². The van der Waals surface area contributed by atoms with Crippen LogP contribution in [0.1, 0.15) is 59.3 Å². The van der Waals surface area contributed by atoms with Gasteiger partial charge in [0.1, 0.15) is 0 Å². The van der Waals surface area contributed by atoms with Gasteiger partial charge in [-0.25, -0.2) is 0 Å². The number of carbonyl (C=O) groups excluding carboxylic acids is 2. The first-order valence-electron chi connectivity index (χ1n) is 13.7. The van der Waals surface area contributed by atoms with E-state index >= 15 is 0 Å². The second-order valence-corrected chi connectivity index (χ2v) is 10.6. The van der Waals surface area contributed by atoms with E-state index in [1.165, 1.54) is 12.8 Å². The molecule has 3 saturated heterocycles. The highest BCUT2D eigenvalue weighted by molar-refractivity contribution is 6.36. The summed E-state index contributed by atoms with van der Waals surface area (Å²) < 4.78 is 0. The Hall–Kier alpha value is -3.90. The summed E-state index contributed by atoms with van der Waals surface area (Å²) in [6.07, 6.45) is 3.17. The number of fused-ring (bicyclic) bond motifs is 4. The van der Waals surface area contributed by atoms with Crippen molar-refractivity contribution in [3.8, 4) is 0 Å². The van der Waals surface area contributed by atoms with Gasteiger partial charge >= 0.3 is 0 Å². The van der Waals surface area contributed by atoms with Crippen LogP contribution in [0.5, 0.6) is 0 Å². The molecule has 0 unspecified atom stereocenters. The molecule has 0 aromatic heterocycles. The van der Waals surface area contributed by atoms with Crippen molar-refractivity contribution in [3.63, 3.8) is 0 Å². The Morgan fingerprint density at radius 1 is 0.974 bits per heavy atom. The monoisotopic (exact) mass is 506 g/mol. The van der Waals surface area contributed by atoms with Crippen molar-refractivity contribution in [1.82, 2.24) is 15.5 Å². The maximum atomic E-state index is 13.4. The molecule has 4 aliphatic rings. The average molecular weight is 507 g/mol. The summed E-state index contributed by atoms with van der Waals surface area (Å²) in [5, 5.41) is 9.99. The molecule has 4 heterocycles. The van der Waals surface area contributed by atoms with E-state index < -0.39 is 0 Å². The molecule has 6 nitrogen and oxygen atoms in total. The molecule has 194 valence electrons. The van der Waals surface area contributed by atoms with Crippen LogP contribution in [0.3, 0.4) is 0 Å². The maximum absolute atomic E-state index is 13.4. The normalized spacial score (nSPS) is 23.8. The number of rotatable bonds is 7. The van der Waals surface area contributed by atoms with Crippen molar-refractivity contribution in [2.75, 3.05) is 25.0 Å². The van der Waals surface area contributed by atoms with Gasteiger partial charge in [0.25, 0.3) is 11.8 Å². The van der Waals surface area contributed by atoms with Gasteiger partial charge in [-0.2, -0.15) is 0 Å². The van der Waals surface area contributed by atoms with Gasteiger partial charge in [-0.3, -0.25) is 9.59 Å². The molecule has 0 radical (unpaired) electrons. The standard InChI is InChI=1S/C32H34N4O2/c1-2-26(21-9-5-3-6-10-21)34-31(37)24-13-14-25-27(19-24)35-32(38)29(25)30(23-11-7-4-8-12-23)33-28-20-36-17-15-22(28)16-18-36/h3-14,19,22,26,28,33H,2,15-18,20H2,1H3,(H,34,37)(H,35,38)/b30-29-/t26-,28-/m1/s1. The largest absolute Gasteiger partial charge is 0.380 e. The van der Waals surface area contributed by atoms with E-state index in [2.05, 4.69) is 39.9 Å². The lowest BCUT2D eigenvalue weighted by Crippen LogP contribution is -2.55. The van der Waals surface area contributed by atoms with Crippen LogP contribution in [-0.2, 0) is 4.79 Å². The number of nitrogens with one attached hydrogen (secondary N) is 3. The van der Waals surface area contributed by atoms with Crippen LogP contribution in [0.25, 0.3) is 11.3 Å². The fraction of sp³-hybridized carbons (Fsp3) is 0.312. The Bertz CT molecular complexity index is 1360. The molecular weight excluding hydrogens is 472 g/mol. The first kappa shape index (κ1) is 24.4. The SMILES string of the molecule is CC[C@@H](NC(=O)c1ccc2c(c1)NC(=O)/C2=C(\N[C@@H]1CN2CCC1CC2)c1ccccc1)c1ccccc1. The van der Waals surface area contributed by atoms with Crippen LogP contribution < -0.4 is 16.0 Å². The molecule has 3 aromatic carbocycles. The summed E-state index contributed by atoms with van der Waals surface area (Å²) in [6.45, 7) is 5.39. The van der Waals surface area contributed by atoms with E-state index in [-0.39, 0.29) is 17.9 Å². The fourth-order valence-corrected chi connectivity index (χ4v) is 6.13. The smallest absolute Gasteiger partial charge is 0.258 e. The van der Waals surface area contributed by atoms with Crippen molar-refractivity contribution in [1.29, 1.82) is 0 Å². The summed E-state index contributed by atoms with van der Waals surface area (Å²) in [4.78, 5) is 29.1. The zero-order chi connectivity index (χ0) is 26.1. The van der Waals surface area contributed by atoms with E-state index in [4.69, 9.17) is 0 Å². The molecule has 2 bridgehead atoms. The van der Waals surface area contributed by atoms with Gasteiger partial charge < -0.3 is 20.9 Å². The van der Waals surface area contributed by atoms with Crippen molar-refractivity contribution in [3.05, 3.63) is 101 Å². The van der Waals surface area contributed by atoms with Gasteiger partial charge in [0, 0.05) is 29.4 Å². The van der Waals surface area contributed by atoms with Gasteiger partial charge in [-0.1, -0.05) is 73.7 Å². The Morgan fingerprint density at radius 2 is 1.68 bits per heavy atom. The van der Waals surface area contributed by atoms with Crippen molar-refractivity contribution in [2.24, 2.45) is 5.92 Å². The van der Waals surface area contributed by atoms with Crippen LogP contribution in [0.4, 0.5) is 5.69 Å². The molecule has 2 amide bonds. The van der Waals surface area contributed by atoms with Crippen LogP contribution >= 0.6 is 0 Å². The zero-order valence-electron chi connectivity index (χ0n) is 21.7. The van der Waals surface area contributed by atoms with Crippen LogP contribution in [0.15, 0.2) is 78.9 Å². The zero-order valence-corrected chi connectivity index (χ0v) is 21.7. The average Bonchev–Trinajstić information content (AvgIpc) is 3.30. The van der Waals surface area contributed by atoms with E-state index in [1.807, 2.05) is 60.7 Å². The Kier molecular flexibility index (Phi) is 6.73. The molecule has 3 N–H and O–H groups in total. The van der Waals surface area contributed by atoms with Crippen molar-refractivity contribution >= 4 is 28.8 Å². The lowest BCUT2D eigenvalue weighted by molar-refractivity contribution is -0.110. The van der Waals surface area contributed by atoms with Crippen LogP contribution in [0.2, 0.25) is 0 Å². The molecule has 0 aliphatic carbocycles.